The largest absolute Gasteiger partial charge is 0.326 e. The van der Waals surface area contributed by atoms with Gasteiger partial charge in [0.2, 0.25) is 5.91 Å². The van der Waals surface area contributed by atoms with Crippen molar-refractivity contribution < 1.29 is 4.79 Å². The van der Waals surface area contributed by atoms with Crippen LogP contribution < -0.4 is 11.1 Å². The molecule has 2 aromatic rings. The van der Waals surface area contributed by atoms with Crippen molar-refractivity contribution in [2.45, 2.75) is 13.1 Å². The average Bonchev–Trinajstić information content (AvgIpc) is 2.82. The third-order valence-electron chi connectivity index (χ3n) is 2.31. The van der Waals surface area contributed by atoms with E-state index in [0.717, 1.165) is 11.3 Å². The first-order chi connectivity index (χ1) is 8.28. The Morgan fingerprint density at radius 3 is 2.74 bits per heavy atom. The van der Waals surface area contributed by atoms with Crippen molar-refractivity contribution in [2.75, 3.05) is 5.32 Å². The summed E-state index contributed by atoms with van der Waals surface area (Å²) in [5, 5.41) is 6.77. The van der Waals surface area contributed by atoms with Crippen molar-refractivity contribution in [3.8, 4) is 0 Å². The van der Waals surface area contributed by atoms with Crippen LogP contribution in [0.3, 0.4) is 0 Å². The maximum absolute atomic E-state index is 11.7. The van der Waals surface area contributed by atoms with Crippen LogP contribution in [0, 0.1) is 0 Å². The molecule has 1 amide bonds. The molecule has 104 valence electrons. The van der Waals surface area contributed by atoms with Gasteiger partial charge in [0, 0.05) is 24.6 Å². The van der Waals surface area contributed by atoms with Gasteiger partial charge in [-0.1, -0.05) is 12.1 Å². The fourth-order valence-corrected chi connectivity index (χ4v) is 1.52. The van der Waals surface area contributed by atoms with Crippen LogP contribution in [0.2, 0.25) is 0 Å². The number of nitrogens with two attached hydrogens (primary N) is 1. The smallest absolute Gasteiger partial charge is 0.246 e. The molecule has 0 aliphatic rings. The second kappa shape index (κ2) is 8.53. The number of amides is 1. The van der Waals surface area contributed by atoms with E-state index in [4.69, 9.17) is 5.73 Å². The zero-order chi connectivity index (χ0) is 12.1. The summed E-state index contributed by atoms with van der Waals surface area (Å²) in [6.07, 6.45) is 3.39. The lowest BCUT2D eigenvalue weighted by atomic mass is 10.2. The minimum atomic E-state index is -0.108. The van der Waals surface area contributed by atoms with Crippen LogP contribution in [0.15, 0.2) is 42.7 Å². The second-order valence-electron chi connectivity index (χ2n) is 3.66. The number of aromatic nitrogens is 2. The highest BCUT2D eigenvalue weighted by Crippen LogP contribution is 2.09. The molecule has 3 N–H and O–H groups in total. The van der Waals surface area contributed by atoms with Crippen LogP contribution in [-0.4, -0.2) is 15.7 Å². The molecule has 0 saturated carbocycles. The van der Waals surface area contributed by atoms with E-state index in [9.17, 15) is 4.79 Å². The quantitative estimate of drug-likeness (QED) is 0.905. The number of halogens is 2. The van der Waals surface area contributed by atoms with Gasteiger partial charge in [-0.3, -0.25) is 9.48 Å². The zero-order valence-electron chi connectivity index (χ0n) is 10.2. The molecule has 0 fully saturated rings. The maximum Gasteiger partial charge on any atom is 0.246 e. The van der Waals surface area contributed by atoms with Crippen LogP contribution in [-0.2, 0) is 17.9 Å². The topological polar surface area (TPSA) is 72.9 Å². The fourth-order valence-electron chi connectivity index (χ4n) is 1.52. The van der Waals surface area contributed by atoms with E-state index in [1.807, 2.05) is 24.3 Å². The maximum atomic E-state index is 11.7. The summed E-state index contributed by atoms with van der Waals surface area (Å²) in [5.41, 5.74) is 7.27. The van der Waals surface area contributed by atoms with E-state index in [1.165, 1.54) is 0 Å². The molecule has 1 aromatic heterocycles. The van der Waals surface area contributed by atoms with E-state index >= 15 is 0 Å². The number of hydrogen-bond donors (Lipinski definition) is 2. The molecule has 7 heteroatoms. The summed E-state index contributed by atoms with van der Waals surface area (Å²) in [6.45, 7) is 0.669. The first kappa shape index (κ1) is 17.4. The van der Waals surface area contributed by atoms with E-state index in [1.54, 1.807) is 23.1 Å². The molecular formula is C12H16Cl2N4O. The predicted octanol–water partition coefficient (Wildman–Crippen LogP) is 1.82. The Kier molecular flexibility index (Phi) is 7.83. The van der Waals surface area contributed by atoms with Gasteiger partial charge in [0.15, 0.2) is 0 Å². The number of benzene rings is 1. The third-order valence-corrected chi connectivity index (χ3v) is 2.31. The Hall–Kier alpha value is -1.56. The first-order valence-corrected chi connectivity index (χ1v) is 5.34. The summed E-state index contributed by atoms with van der Waals surface area (Å²) in [6, 6.07) is 9.26. The minimum Gasteiger partial charge on any atom is -0.326 e. The van der Waals surface area contributed by atoms with Crippen molar-refractivity contribution in [1.29, 1.82) is 0 Å². The Bertz CT molecular complexity index is 502. The Labute approximate surface area is 124 Å². The highest BCUT2D eigenvalue weighted by atomic mass is 35.5. The van der Waals surface area contributed by atoms with Gasteiger partial charge in [-0.05, 0) is 23.8 Å². The van der Waals surface area contributed by atoms with Crippen LogP contribution in [0.25, 0.3) is 0 Å². The number of hydrogen-bond acceptors (Lipinski definition) is 3. The Balaban J connectivity index is 0.00000162. The van der Waals surface area contributed by atoms with Gasteiger partial charge in [0.05, 0.1) is 0 Å². The molecule has 1 aromatic carbocycles. The van der Waals surface area contributed by atoms with Crippen molar-refractivity contribution >= 4 is 36.4 Å². The van der Waals surface area contributed by atoms with E-state index in [2.05, 4.69) is 10.4 Å². The molecule has 0 saturated heterocycles. The predicted molar refractivity (Wildman–Crippen MR) is 79.7 cm³/mol. The Morgan fingerprint density at radius 2 is 2.11 bits per heavy atom. The molecule has 0 radical (unpaired) electrons. The number of carbonyl (C=O) groups excluding carboxylic acids is 1. The molecule has 0 aliphatic heterocycles. The van der Waals surface area contributed by atoms with Crippen LogP contribution in [0.1, 0.15) is 5.56 Å². The van der Waals surface area contributed by atoms with Gasteiger partial charge in [0.25, 0.3) is 0 Å². The SMILES string of the molecule is Cl.Cl.NCc1cccc(NC(=O)Cn2cccn2)c1. The Morgan fingerprint density at radius 1 is 1.32 bits per heavy atom. The van der Waals surface area contributed by atoms with Crippen LogP contribution >= 0.6 is 24.8 Å². The molecule has 2 rings (SSSR count). The van der Waals surface area contributed by atoms with Gasteiger partial charge >= 0.3 is 0 Å². The van der Waals surface area contributed by atoms with E-state index in [0.29, 0.717) is 6.54 Å². The summed E-state index contributed by atoms with van der Waals surface area (Å²) < 4.78 is 1.57. The van der Waals surface area contributed by atoms with Crippen molar-refractivity contribution in [1.82, 2.24) is 9.78 Å². The van der Waals surface area contributed by atoms with E-state index in [-0.39, 0.29) is 37.3 Å². The lowest BCUT2D eigenvalue weighted by Crippen LogP contribution is -2.19. The molecule has 19 heavy (non-hydrogen) atoms. The summed E-state index contributed by atoms with van der Waals surface area (Å²) >= 11 is 0. The zero-order valence-corrected chi connectivity index (χ0v) is 11.8. The summed E-state index contributed by atoms with van der Waals surface area (Å²) in [4.78, 5) is 11.7. The molecule has 1 heterocycles. The molecule has 0 atom stereocenters. The van der Waals surface area contributed by atoms with Crippen molar-refractivity contribution in [3.63, 3.8) is 0 Å². The normalized spacial score (nSPS) is 9.11. The van der Waals surface area contributed by atoms with E-state index < -0.39 is 0 Å². The lowest BCUT2D eigenvalue weighted by Gasteiger charge is -2.06. The van der Waals surface area contributed by atoms with Crippen molar-refractivity contribution in [3.05, 3.63) is 48.3 Å². The number of nitrogens with zero attached hydrogens (tertiary/aromatic N) is 2. The van der Waals surface area contributed by atoms with Crippen molar-refractivity contribution in [2.24, 2.45) is 5.73 Å². The summed E-state index contributed by atoms with van der Waals surface area (Å²) in [7, 11) is 0. The molecule has 0 bridgehead atoms. The number of rotatable bonds is 4. The number of nitrogens with one attached hydrogen (secondary N) is 1. The number of anilines is 1. The molecule has 5 nitrogen and oxygen atoms in total. The highest BCUT2D eigenvalue weighted by molar-refractivity contribution is 5.90. The minimum absolute atomic E-state index is 0. The summed E-state index contributed by atoms with van der Waals surface area (Å²) in [5.74, 6) is -0.108. The highest BCUT2D eigenvalue weighted by Gasteiger charge is 2.03. The molecular weight excluding hydrogens is 287 g/mol. The molecule has 0 unspecified atom stereocenters. The monoisotopic (exact) mass is 302 g/mol. The number of carbonyl (C=O) groups is 1. The first-order valence-electron chi connectivity index (χ1n) is 5.34. The van der Waals surface area contributed by atoms with Gasteiger partial charge in [-0.25, -0.2) is 0 Å². The third kappa shape index (κ3) is 5.30. The van der Waals surface area contributed by atoms with Gasteiger partial charge in [0.1, 0.15) is 6.54 Å². The van der Waals surface area contributed by atoms with Gasteiger partial charge in [-0.15, -0.1) is 24.8 Å². The second-order valence-corrected chi connectivity index (χ2v) is 3.66. The standard InChI is InChI=1S/C12H14N4O.2ClH/c13-8-10-3-1-4-11(7-10)15-12(17)9-16-6-2-5-14-16;;/h1-7H,8-9,13H2,(H,15,17);2*1H. The molecule has 0 spiro atoms. The van der Waals surface area contributed by atoms with Gasteiger partial charge in [-0.2, -0.15) is 5.10 Å². The lowest BCUT2D eigenvalue weighted by molar-refractivity contribution is -0.116. The molecule has 0 aliphatic carbocycles. The average molecular weight is 303 g/mol. The fraction of sp³-hybridized carbons (Fsp3) is 0.167. The van der Waals surface area contributed by atoms with Crippen LogP contribution in [0.4, 0.5) is 5.69 Å². The van der Waals surface area contributed by atoms with Gasteiger partial charge < -0.3 is 11.1 Å². The van der Waals surface area contributed by atoms with Crippen LogP contribution in [0.5, 0.6) is 0 Å².